The quantitative estimate of drug-likeness (QED) is 0.346. The molecule has 0 heterocycles. The van der Waals surface area contributed by atoms with E-state index >= 15 is 0 Å². The topological polar surface area (TPSA) is 46.5 Å². The van der Waals surface area contributed by atoms with Gasteiger partial charge in [0.05, 0.1) is 5.60 Å². The maximum Gasteiger partial charge on any atom is 0.191 e. The first-order valence-corrected chi connectivity index (χ1v) is 17.3. The second kappa shape index (κ2) is 7.10. The lowest BCUT2D eigenvalue weighted by Crippen LogP contribution is -2.57. The molecule has 5 unspecified atom stereocenters. The first-order valence-electron chi connectivity index (χ1n) is 14.4. The molecule has 5 saturated carbocycles. The van der Waals surface area contributed by atoms with E-state index in [0.717, 1.165) is 56.0 Å². The van der Waals surface area contributed by atoms with E-state index in [2.05, 4.69) is 53.8 Å². The van der Waals surface area contributed by atoms with E-state index in [1.54, 1.807) is 0 Å². The van der Waals surface area contributed by atoms with Crippen LogP contribution in [0, 0.1) is 52.3 Å². The highest BCUT2D eigenvalue weighted by Gasteiger charge is 2.78. The third-order valence-electron chi connectivity index (χ3n) is 12.9. The van der Waals surface area contributed by atoms with Gasteiger partial charge in [0.25, 0.3) is 0 Å². The van der Waals surface area contributed by atoms with E-state index in [-0.39, 0.29) is 15.9 Å². The molecular formula is C30H48O3Si. The van der Waals surface area contributed by atoms with Crippen LogP contribution < -0.4 is 0 Å². The molecule has 190 valence electrons. The zero-order chi connectivity index (χ0) is 24.5. The molecule has 3 nitrogen and oxygen atoms in total. The first-order chi connectivity index (χ1) is 15.7. The van der Waals surface area contributed by atoms with Crippen LogP contribution in [0.25, 0.3) is 0 Å². The highest BCUT2D eigenvalue weighted by molar-refractivity contribution is 6.74. The van der Waals surface area contributed by atoms with Crippen molar-refractivity contribution in [3.63, 3.8) is 0 Å². The summed E-state index contributed by atoms with van der Waals surface area (Å²) in [5, 5.41) is 12.6. The Labute approximate surface area is 208 Å². The lowest BCUT2D eigenvalue weighted by molar-refractivity contribution is -0.155. The van der Waals surface area contributed by atoms with Gasteiger partial charge in [-0.05, 0) is 121 Å². The number of ketones is 1. The molecule has 34 heavy (non-hydrogen) atoms. The van der Waals surface area contributed by atoms with E-state index in [1.807, 2.05) is 0 Å². The van der Waals surface area contributed by atoms with Crippen molar-refractivity contribution in [2.75, 3.05) is 6.61 Å². The highest BCUT2D eigenvalue weighted by atomic mass is 28.4. The van der Waals surface area contributed by atoms with E-state index < -0.39 is 13.9 Å². The maximum atomic E-state index is 12.4. The Kier molecular flexibility index (Phi) is 4.99. The molecule has 0 spiro atoms. The molecule has 0 bridgehead atoms. The van der Waals surface area contributed by atoms with Crippen molar-refractivity contribution in [1.29, 1.82) is 0 Å². The lowest BCUT2D eigenvalue weighted by atomic mass is 9.45. The zero-order valence-corrected chi connectivity index (χ0v) is 23.7. The molecule has 0 aromatic rings. The molecule has 0 aliphatic heterocycles. The summed E-state index contributed by atoms with van der Waals surface area (Å²) in [5.41, 5.74) is 1.32. The molecule has 4 heteroatoms. The molecule has 5 fully saturated rings. The summed E-state index contributed by atoms with van der Waals surface area (Å²) in [6.45, 7) is 17.4. The number of carbonyl (C=O) groups is 1. The van der Waals surface area contributed by atoms with Gasteiger partial charge in [-0.2, -0.15) is 0 Å². The third kappa shape index (κ3) is 3.03. The van der Waals surface area contributed by atoms with Crippen LogP contribution in [0.4, 0.5) is 0 Å². The number of hydrogen-bond acceptors (Lipinski definition) is 3. The van der Waals surface area contributed by atoms with Crippen LogP contribution in [0.3, 0.4) is 0 Å². The summed E-state index contributed by atoms with van der Waals surface area (Å²) < 4.78 is 6.50. The second-order valence-corrected chi connectivity index (χ2v) is 20.1. The minimum Gasteiger partial charge on any atom is -0.417 e. The van der Waals surface area contributed by atoms with Crippen LogP contribution in [0.2, 0.25) is 18.1 Å². The van der Waals surface area contributed by atoms with Crippen LogP contribution >= 0.6 is 0 Å². The third-order valence-corrected chi connectivity index (χ3v) is 17.4. The Morgan fingerprint density at radius 2 is 1.85 bits per heavy atom. The SMILES string of the molecule is CC(C)(C)[Si](C)(C)OCCC[C@]1(O)C2C[C@H]2C2C3C4C[C@H]4C4=CC(=O)CC[C@]4(C)C3CC[C@@]21C. The van der Waals surface area contributed by atoms with Gasteiger partial charge in [-0.1, -0.05) is 40.2 Å². The summed E-state index contributed by atoms with van der Waals surface area (Å²) in [4.78, 5) is 12.3. The summed E-state index contributed by atoms with van der Waals surface area (Å²) in [6, 6.07) is 0. The van der Waals surface area contributed by atoms with Crippen LogP contribution in [0.5, 0.6) is 0 Å². The standard InChI is InChI=1S/C30H48O3Si/c1-27(2,3)34(6,7)33-14-8-11-30(32)24-17-21(24)26-25-20-16-19(20)23-15-18(31)9-12-28(23,4)22(25)10-13-29(26,30)5/h15,19-22,24-26,32H,8-14,16-17H2,1-7H3/t19-,20?,21-,22?,24?,25?,26?,28-,29+,30+/m1/s1. The number of fused-ring (bicyclic) bond motifs is 10. The second-order valence-electron chi connectivity index (χ2n) is 15.3. The molecule has 6 aliphatic rings. The van der Waals surface area contributed by atoms with Crippen molar-refractivity contribution in [1.82, 2.24) is 0 Å². The molecule has 0 amide bonds. The number of aliphatic hydroxyl groups is 1. The average molecular weight is 485 g/mol. The molecule has 6 aliphatic carbocycles. The minimum absolute atomic E-state index is 0.0634. The Morgan fingerprint density at radius 1 is 1.12 bits per heavy atom. The van der Waals surface area contributed by atoms with E-state index in [4.69, 9.17) is 4.43 Å². The molecule has 0 radical (unpaired) electrons. The van der Waals surface area contributed by atoms with Gasteiger partial charge in [0.15, 0.2) is 14.1 Å². The van der Waals surface area contributed by atoms with Gasteiger partial charge in [-0.25, -0.2) is 0 Å². The molecule has 6 rings (SSSR count). The van der Waals surface area contributed by atoms with Crippen molar-refractivity contribution in [3.05, 3.63) is 11.6 Å². The molecule has 0 aromatic carbocycles. The normalized spacial score (nSPS) is 51.0. The molecule has 0 aromatic heterocycles. The fraction of sp³-hybridized carbons (Fsp3) is 0.900. The smallest absolute Gasteiger partial charge is 0.191 e. The summed E-state index contributed by atoms with van der Waals surface area (Å²) >= 11 is 0. The fourth-order valence-corrected chi connectivity index (χ4v) is 11.0. The average Bonchev–Trinajstić information content (AvgIpc) is 3.64. The van der Waals surface area contributed by atoms with Crippen LogP contribution in [-0.4, -0.2) is 31.4 Å². The van der Waals surface area contributed by atoms with E-state index in [9.17, 15) is 9.90 Å². The highest BCUT2D eigenvalue weighted by Crippen LogP contribution is 2.81. The minimum atomic E-state index is -1.73. The predicted molar refractivity (Wildman–Crippen MR) is 139 cm³/mol. The van der Waals surface area contributed by atoms with Crippen LogP contribution in [-0.2, 0) is 9.22 Å². The Bertz CT molecular complexity index is 932. The number of allylic oxidation sites excluding steroid dienone is 1. The van der Waals surface area contributed by atoms with Gasteiger partial charge < -0.3 is 9.53 Å². The summed E-state index contributed by atoms with van der Waals surface area (Å²) in [6.07, 6.45) is 10.7. The van der Waals surface area contributed by atoms with E-state index in [0.29, 0.717) is 23.5 Å². The molecular weight excluding hydrogens is 436 g/mol. The van der Waals surface area contributed by atoms with Gasteiger partial charge in [0.2, 0.25) is 0 Å². The Morgan fingerprint density at radius 3 is 2.56 bits per heavy atom. The summed E-state index contributed by atoms with van der Waals surface area (Å²) in [5.74, 6) is 5.26. The molecule has 10 atom stereocenters. The number of carbonyl (C=O) groups excluding carboxylic acids is 1. The van der Waals surface area contributed by atoms with Crippen molar-refractivity contribution >= 4 is 14.1 Å². The number of hydrogen-bond donors (Lipinski definition) is 1. The Hall–Kier alpha value is -0.453. The Balaban J connectivity index is 1.21. The van der Waals surface area contributed by atoms with Gasteiger partial charge in [-0.15, -0.1) is 0 Å². The molecule has 1 N–H and O–H groups in total. The van der Waals surface area contributed by atoms with Crippen molar-refractivity contribution in [2.45, 2.75) is 110 Å². The van der Waals surface area contributed by atoms with Gasteiger partial charge >= 0.3 is 0 Å². The monoisotopic (exact) mass is 484 g/mol. The fourth-order valence-electron chi connectivity index (χ4n) is 9.87. The van der Waals surface area contributed by atoms with Crippen molar-refractivity contribution in [2.24, 2.45) is 52.3 Å². The summed E-state index contributed by atoms with van der Waals surface area (Å²) in [7, 11) is -1.73. The predicted octanol–water partition coefficient (Wildman–Crippen LogP) is 6.76. The van der Waals surface area contributed by atoms with Gasteiger partial charge in [0.1, 0.15) is 0 Å². The van der Waals surface area contributed by atoms with Gasteiger partial charge in [0, 0.05) is 13.0 Å². The first kappa shape index (κ1) is 23.9. The lowest BCUT2D eigenvalue weighted by Gasteiger charge is -2.60. The van der Waals surface area contributed by atoms with Crippen molar-refractivity contribution in [3.8, 4) is 0 Å². The van der Waals surface area contributed by atoms with Crippen LogP contribution in [0.15, 0.2) is 11.6 Å². The molecule has 0 saturated heterocycles. The maximum absolute atomic E-state index is 12.4. The zero-order valence-electron chi connectivity index (χ0n) is 22.7. The van der Waals surface area contributed by atoms with Gasteiger partial charge in [-0.3, -0.25) is 4.79 Å². The van der Waals surface area contributed by atoms with Crippen molar-refractivity contribution < 1.29 is 14.3 Å². The van der Waals surface area contributed by atoms with E-state index in [1.165, 1.54) is 31.3 Å². The van der Waals surface area contributed by atoms with Crippen LogP contribution in [0.1, 0.15) is 86.0 Å². The largest absolute Gasteiger partial charge is 0.417 e. The number of rotatable bonds is 5.